The van der Waals surface area contributed by atoms with Gasteiger partial charge in [0, 0.05) is 12.1 Å². The lowest BCUT2D eigenvalue weighted by molar-refractivity contribution is 0.0738. The zero-order valence-corrected chi connectivity index (χ0v) is 13.5. The van der Waals surface area contributed by atoms with E-state index in [2.05, 4.69) is 26.1 Å². The maximum Gasteiger partial charge on any atom is 0.156 e. The third kappa shape index (κ3) is 4.98. The lowest BCUT2D eigenvalue weighted by atomic mass is 10.1. The third-order valence-electron chi connectivity index (χ3n) is 3.31. The van der Waals surface area contributed by atoms with Crippen molar-refractivity contribution in [2.75, 3.05) is 11.5 Å². The van der Waals surface area contributed by atoms with Gasteiger partial charge in [0.2, 0.25) is 0 Å². The lowest BCUT2D eigenvalue weighted by Crippen LogP contribution is -2.35. The highest BCUT2D eigenvalue weighted by atomic mass is 32.2. The van der Waals surface area contributed by atoms with Gasteiger partial charge in [0.1, 0.15) is 18.0 Å². The van der Waals surface area contributed by atoms with Crippen LogP contribution in [0.3, 0.4) is 0 Å². The van der Waals surface area contributed by atoms with Crippen molar-refractivity contribution in [2.45, 2.75) is 45.1 Å². The molecule has 2 rings (SSSR count). The number of aliphatic hydroxyl groups is 1. The molecule has 1 heterocycles. The van der Waals surface area contributed by atoms with E-state index in [0.717, 1.165) is 12.1 Å². The molecule has 1 aliphatic heterocycles. The summed E-state index contributed by atoms with van der Waals surface area (Å²) in [5.74, 6) is 0.239. The molecular weight excluding hydrogens is 290 g/mol. The van der Waals surface area contributed by atoms with Crippen LogP contribution < -0.4 is 10.1 Å². The molecule has 0 spiro atoms. The molecule has 1 fully saturated rings. The summed E-state index contributed by atoms with van der Waals surface area (Å²) in [4.78, 5) is 0. The molecule has 0 radical (unpaired) electrons. The molecule has 6 heteroatoms. The van der Waals surface area contributed by atoms with E-state index in [1.54, 1.807) is 12.1 Å². The van der Waals surface area contributed by atoms with Crippen molar-refractivity contribution in [1.29, 1.82) is 0 Å². The largest absolute Gasteiger partial charge is 0.487 e. The maximum absolute atomic E-state index is 11.4. The Morgan fingerprint density at radius 2 is 1.86 bits per heavy atom. The molecule has 0 aromatic heterocycles. The van der Waals surface area contributed by atoms with E-state index in [-0.39, 0.29) is 17.0 Å². The van der Waals surface area contributed by atoms with Crippen LogP contribution >= 0.6 is 0 Å². The summed E-state index contributed by atoms with van der Waals surface area (Å²) in [6.45, 7) is 7.06. The Labute approximate surface area is 126 Å². The average Bonchev–Trinajstić information content (AvgIpc) is 2.60. The first-order chi connectivity index (χ1) is 9.65. The molecule has 1 aromatic rings. The number of hydrogen-bond donors (Lipinski definition) is 2. The summed E-state index contributed by atoms with van der Waals surface area (Å²) in [6, 6.07) is 7.47. The zero-order valence-electron chi connectivity index (χ0n) is 12.7. The van der Waals surface area contributed by atoms with E-state index >= 15 is 0 Å². The Morgan fingerprint density at radius 3 is 2.33 bits per heavy atom. The van der Waals surface area contributed by atoms with E-state index in [1.807, 2.05) is 12.1 Å². The molecule has 1 aromatic carbocycles. The Kier molecular flexibility index (Phi) is 4.60. The smallest absolute Gasteiger partial charge is 0.156 e. The highest BCUT2D eigenvalue weighted by Gasteiger charge is 2.38. The van der Waals surface area contributed by atoms with Crippen molar-refractivity contribution in [2.24, 2.45) is 0 Å². The second kappa shape index (κ2) is 5.94. The molecule has 21 heavy (non-hydrogen) atoms. The van der Waals surface area contributed by atoms with Crippen LogP contribution in [-0.4, -0.2) is 42.8 Å². The molecule has 0 bridgehead atoms. The summed E-state index contributed by atoms with van der Waals surface area (Å²) < 4.78 is 28.4. The van der Waals surface area contributed by atoms with Crippen LogP contribution in [0.2, 0.25) is 0 Å². The summed E-state index contributed by atoms with van der Waals surface area (Å²) in [6.07, 6.45) is -1.62. The van der Waals surface area contributed by atoms with Crippen LogP contribution in [0.1, 0.15) is 26.3 Å². The van der Waals surface area contributed by atoms with Crippen molar-refractivity contribution in [1.82, 2.24) is 5.32 Å². The fraction of sp³-hybridized carbons (Fsp3) is 0.600. The zero-order chi connectivity index (χ0) is 15.7. The van der Waals surface area contributed by atoms with Crippen LogP contribution in [0.15, 0.2) is 24.3 Å². The predicted molar refractivity (Wildman–Crippen MR) is 82.1 cm³/mol. The first-order valence-corrected chi connectivity index (χ1v) is 8.86. The third-order valence-corrected chi connectivity index (χ3v) is 4.99. The number of rotatable bonds is 4. The monoisotopic (exact) mass is 313 g/mol. The van der Waals surface area contributed by atoms with Crippen LogP contribution in [0, 0.1) is 0 Å². The molecule has 2 N–H and O–H groups in total. The number of sulfone groups is 1. The molecule has 0 aliphatic carbocycles. The van der Waals surface area contributed by atoms with Crippen molar-refractivity contribution >= 4 is 9.84 Å². The first-order valence-electron chi connectivity index (χ1n) is 7.04. The topological polar surface area (TPSA) is 75.6 Å². The summed E-state index contributed by atoms with van der Waals surface area (Å²) in [7, 11) is -3.18. The van der Waals surface area contributed by atoms with E-state index in [1.165, 1.54) is 0 Å². The Balaban J connectivity index is 1.94. The van der Waals surface area contributed by atoms with Gasteiger partial charge in [0.05, 0.1) is 11.5 Å². The number of aliphatic hydroxyl groups excluding tert-OH is 1. The van der Waals surface area contributed by atoms with E-state index in [0.29, 0.717) is 5.75 Å². The van der Waals surface area contributed by atoms with Crippen LogP contribution in [-0.2, 0) is 16.4 Å². The normalized spacial score (nSPS) is 25.0. The van der Waals surface area contributed by atoms with Crippen LogP contribution in [0.25, 0.3) is 0 Å². The van der Waals surface area contributed by atoms with Gasteiger partial charge in [0.25, 0.3) is 0 Å². The van der Waals surface area contributed by atoms with Crippen molar-refractivity contribution < 1.29 is 18.3 Å². The molecule has 1 saturated heterocycles. The van der Waals surface area contributed by atoms with Crippen LogP contribution in [0.4, 0.5) is 0 Å². The molecule has 2 unspecified atom stereocenters. The van der Waals surface area contributed by atoms with Gasteiger partial charge in [-0.05, 0) is 38.5 Å². The standard InChI is InChI=1S/C15H23NO4S/c1-15(2,3)16-8-11-4-6-12(7-5-11)20-14-10-21(18,19)9-13(14)17/h4-7,13-14,16-17H,8-10H2,1-3H3. The lowest BCUT2D eigenvalue weighted by Gasteiger charge is -2.21. The number of ether oxygens (including phenoxy) is 1. The second-order valence-electron chi connectivity index (χ2n) is 6.55. The Hall–Kier alpha value is -1.11. The van der Waals surface area contributed by atoms with E-state index in [9.17, 15) is 13.5 Å². The van der Waals surface area contributed by atoms with Gasteiger partial charge in [-0.3, -0.25) is 0 Å². The van der Waals surface area contributed by atoms with E-state index < -0.39 is 22.0 Å². The fourth-order valence-corrected chi connectivity index (χ4v) is 3.80. The highest BCUT2D eigenvalue weighted by molar-refractivity contribution is 7.91. The molecule has 118 valence electrons. The van der Waals surface area contributed by atoms with Crippen LogP contribution in [0.5, 0.6) is 5.75 Å². The highest BCUT2D eigenvalue weighted by Crippen LogP contribution is 2.21. The molecule has 5 nitrogen and oxygen atoms in total. The minimum Gasteiger partial charge on any atom is -0.487 e. The van der Waals surface area contributed by atoms with E-state index in [4.69, 9.17) is 4.74 Å². The van der Waals surface area contributed by atoms with Gasteiger partial charge >= 0.3 is 0 Å². The summed E-state index contributed by atoms with van der Waals surface area (Å²) >= 11 is 0. The Bertz CT molecular complexity index is 575. The van der Waals surface area contributed by atoms with Crippen molar-refractivity contribution in [3.05, 3.63) is 29.8 Å². The number of hydrogen-bond acceptors (Lipinski definition) is 5. The van der Waals surface area contributed by atoms with Gasteiger partial charge in [-0.15, -0.1) is 0 Å². The first kappa shape index (κ1) is 16.3. The predicted octanol–water partition coefficient (Wildman–Crippen LogP) is 1.11. The quantitative estimate of drug-likeness (QED) is 0.871. The minimum absolute atomic E-state index is 0.0531. The minimum atomic E-state index is -3.18. The molecule has 2 atom stereocenters. The van der Waals surface area contributed by atoms with Gasteiger partial charge in [-0.1, -0.05) is 12.1 Å². The van der Waals surface area contributed by atoms with Gasteiger partial charge in [0.15, 0.2) is 9.84 Å². The van der Waals surface area contributed by atoms with Crippen molar-refractivity contribution in [3.8, 4) is 5.75 Å². The van der Waals surface area contributed by atoms with Gasteiger partial charge < -0.3 is 15.2 Å². The molecule has 0 saturated carbocycles. The number of nitrogens with one attached hydrogen (secondary N) is 1. The fourth-order valence-electron chi connectivity index (χ4n) is 2.14. The van der Waals surface area contributed by atoms with Gasteiger partial charge in [-0.25, -0.2) is 8.42 Å². The average molecular weight is 313 g/mol. The Morgan fingerprint density at radius 1 is 1.24 bits per heavy atom. The summed E-state index contributed by atoms with van der Waals surface area (Å²) in [5.41, 5.74) is 1.18. The second-order valence-corrected chi connectivity index (χ2v) is 8.70. The molecule has 1 aliphatic rings. The summed E-state index contributed by atoms with van der Waals surface area (Å²) in [5, 5.41) is 13.1. The van der Waals surface area contributed by atoms with Gasteiger partial charge in [-0.2, -0.15) is 0 Å². The van der Waals surface area contributed by atoms with Crippen molar-refractivity contribution in [3.63, 3.8) is 0 Å². The molecule has 0 amide bonds. The SMILES string of the molecule is CC(C)(C)NCc1ccc(OC2CS(=O)(=O)CC2O)cc1. The maximum atomic E-state index is 11.4. The molecular formula is C15H23NO4S. The number of benzene rings is 1.